The minimum absolute atomic E-state index is 0.186. The normalized spacial score (nSPS) is 10.2. The summed E-state index contributed by atoms with van der Waals surface area (Å²) in [5, 5.41) is 2.73. The van der Waals surface area contributed by atoms with Crippen molar-refractivity contribution in [1.29, 1.82) is 0 Å². The molecule has 0 aliphatic rings. The zero-order chi connectivity index (χ0) is 17.7. The van der Waals surface area contributed by atoms with Crippen LogP contribution in [0.2, 0.25) is 0 Å². The van der Waals surface area contributed by atoms with Crippen LogP contribution in [0.5, 0.6) is 17.2 Å². The van der Waals surface area contributed by atoms with Crippen molar-refractivity contribution in [3.8, 4) is 17.2 Å². The molecular formula is C17H17BrFNO4. The highest BCUT2D eigenvalue weighted by Crippen LogP contribution is 2.34. The lowest BCUT2D eigenvalue weighted by Gasteiger charge is -2.15. The highest BCUT2D eigenvalue weighted by molar-refractivity contribution is 9.10. The Balaban J connectivity index is 2.22. The van der Waals surface area contributed by atoms with Crippen molar-refractivity contribution in [3.63, 3.8) is 0 Å². The maximum atomic E-state index is 13.3. The van der Waals surface area contributed by atoms with Gasteiger partial charge >= 0.3 is 0 Å². The molecule has 0 aliphatic carbocycles. The molecule has 0 fully saturated rings. The molecule has 7 heteroatoms. The number of carbonyl (C=O) groups is 1. The van der Waals surface area contributed by atoms with Crippen molar-refractivity contribution in [2.45, 2.75) is 6.54 Å². The second kappa shape index (κ2) is 8.01. The van der Waals surface area contributed by atoms with Crippen LogP contribution in [-0.2, 0) is 6.54 Å². The van der Waals surface area contributed by atoms with Gasteiger partial charge in [-0.25, -0.2) is 4.39 Å². The predicted octanol–water partition coefficient (Wildman–Crippen LogP) is 3.54. The molecule has 2 aromatic rings. The summed E-state index contributed by atoms with van der Waals surface area (Å²) in [6, 6.07) is 7.34. The second-order valence-electron chi connectivity index (χ2n) is 4.83. The number of benzene rings is 2. The average Bonchev–Trinajstić information content (AvgIpc) is 2.60. The number of ether oxygens (including phenoxy) is 3. The van der Waals surface area contributed by atoms with Gasteiger partial charge in [-0.1, -0.05) is 0 Å². The summed E-state index contributed by atoms with van der Waals surface area (Å²) in [4.78, 5) is 12.3. The van der Waals surface area contributed by atoms with E-state index in [4.69, 9.17) is 14.2 Å². The molecule has 1 N–H and O–H groups in total. The van der Waals surface area contributed by atoms with E-state index in [2.05, 4.69) is 21.2 Å². The number of nitrogens with one attached hydrogen (secondary N) is 1. The first kappa shape index (κ1) is 18.1. The zero-order valence-corrected chi connectivity index (χ0v) is 15.1. The maximum Gasteiger partial charge on any atom is 0.252 e. The van der Waals surface area contributed by atoms with Gasteiger partial charge in [0.25, 0.3) is 5.91 Å². The molecular weight excluding hydrogens is 381 g/mol. The van der Waals surface area contributed by atoms with Gasteiger partial charge in [-0.15, -0.1) is 0 Å². The highest BCUT2D eigenvalue weighted by atomic mass is 79.9. The molecule has 0 heterocycles. The van der Waals surface area contributed by atoms with Crippen LogP contribution in [-0.4, -0.2) is 27.2 Å². The smallest absolute Gasteiger partial charge is 0.252 e. The standard InChI is InChI=1S/C17H17BrFNO4/c1-22-14-8-16(24-3)15(23-2)6-10(14)9-20-17(21)12-7-11(19)4-5-13(12)18/h4-8H,9H2,1-3H3,(H,20,21). The van der Waals surface area contributed by atoms with Crippen LogP contribution in [0.1, 0.15) is 15.9 Å². The largest absolute Gasteiger partial charge is 0.496 e. The van der Waals surface area contributed by atoms with E-state index >= 15 is 0 Å². The van der Waals surface area contributed by atoms with Gasteiger partial charge in [-0.2, -0.15) is 0 Å². The molecule has 128 valence electrons. The molecule has 0 aliphatic heterocycles. The summed E-state index contributed by atoms with van der Waals surface area (Å²) in [5.74, 6) is 0.711. The van der Waals surface area contributed by atoms with Crippen molar-refractivity contribution in [2.75, 3.05) is 21.3 Å². The number of rotatable bonds is 6. The predicted molar refractivity (Wildman–Crippen MR) is 91.4 cm³/mol. The lowest BCUT2D eigenvalue weighted by Crippen LogP contribution is -2.23. The summed E-state index contributed by atoms with van der Waals surface area (Å²) in [5.41, 5.74) is 0.922. The van der Waals surface area contributed by atoms with E-state index in [1.54, 1.807) is 12.1 Å². The van der Waals surface area contributed by atoms with Gasteiger partial charge in [0.1, 0.15) is 11.6 Å². The second-order valence-corrected chi connectivity index (χ2v) is 5.68. The molecule has 2 rings (SSSR count). The zero-order valence-electron chi connectivity index (χ0n) is 13.5. The van der Waals surface area contributed by atoms with Crippen LogP contribution in [0, 0.1) is 5.82 Å². The van der Waals surface area contributed by atoms with Crippen LogP contribution < -0.4 is 19.5 Å². The molecule has 0 saturated heterocycles. The molecule has 0 radical (unpaired) electrons. The Kier molecular flexibility index (Phi) is 6.03. The first-order valence-electron chi connectivity index (χ1n) is 7.02. The molecule has 0 saturated carbocycles. The third-order valence-electron chi connectivity index (χ3n) is 3.40. The first-order valence-corrected chi connectivity index (χ1v) is 7.81. The van der Waals surface area contributed by atoms with Gasteiger partial charge in [-0.05, 0) is 40.2 Å². The van der Waals surface area contributed by atoms with Crippen molar-refractivity contribution in [3.05, 3.63) is 51.7 Å². The number of carbonyl (C=O) groups excluding carboxylic acids is 1. The fraction of sp³-hybridized carbons (Fsp3) is 0.235. The van der Waals surface area contributed by atoms with Gasteiger partial charge in [0.05, 0.1) is 26.9 Å². The highest BCUT2D eigenvalue weighted by Gasteiger charge is 2.15. The van der Waals surface area contributed by atoms with Crippen LogP contribution in [0.3, 0.4) is 0 Å². The number of methoxy groups -OCH3 is 3. The average molecular weight is 398 g/mol. The van der Waals surface area contributed by atoms with Gasteiger partial charge in [-0.3, -0.25) is 4.79 Å². The maximum absolute atomic E-state index is 13.3. The molecule has 5 nitrogen and oxygen atoms in total. The molecule has 0 spiro atoms. The Morgan fingerprint density at radius 3 is 2.29 bits per heavy atom. The molecule has 0 atom stereocenters. The fourth-order valence-corrected chi connectivity index (χ4v) is 2.60. The summed E-state index contributed by atoms with van der Waals surface area (Å²) in [7, 11) is 4.58. The Hall–Kier alpha value is -2.28. The van der Waals surface area contributed by atoms with E-state index in [1.165, 1.54) is 39.5 Å². The van der Waals surface area contributed by atoms with Crippen molar-refractivity contribution >= 4 is 21.8 Å². The lowest BCUT2D eigenvalue weighted by atomic mass is 10.1. The Labute approximate surface area is 147 Å². The number of hydrogen-bond acceptors (Lipinski definition) is 4. The van der Waals surface area contributed by atoms with Crippen molar-refractivity contribution < 1.29 is 23.4 Å². The van der Waals surface area contributed by atoms with Crippen LogP contribution in [0.25, 0.3) is 0 Å². The summed E-state index contributed by atoms with van der Waals surface area (Å²) < 4.78 is 29.6. The quantitative estimate of drug-likeness (QED) is 0.809. The number of halogens is 2. The lowest BCUT2D eigenvalue weighted by molar-refractivity contribution is 0.0949. The SMILES string of the molecule is COc1cc(OC)c(OC)cc1CNC(=O)c1cc(F)ccc1Br. The van der Waals surface area contributed by atoms with Crippen LogP contribution >= 0.6 is 15.9 Å². The van der Waals surface area contributed by atoms with E-state index in [-0.39, 0.29) is 12.1 Å². The number of hydrogen-bond donors (Lipinski definition) is 1. The molecule has 1 amide bonds. The first-order chi connectivity index (χ1) is 11.5. The minimum Gasteiger partial charge on any atom is -0.496 e. The van der Waals surface area contributed by atoms with Gasteiger partial charge in [0.15, 0.2) is 11.5 Å². The molecule has 0 unspecified atom stereocenters. The van der Waals surface area contributed by atoms with Gasteiger partial charge < -0.3 is 19.5 Å². The van der Waals surface area contributed by atoms with Crippen molar-refractivity contribution in [1.82, 2.24) is 5.32 Å². The van der Waals surface area contributed by atoms with E-state index in [1.807, 2.05) is 0 Å². The third-order valence-corrected chi connectivity index (χ3v) is 4.09. The monoisotopic (exact) mass is 397 g/mol. The summed E-state index contributed by atoms with van der Waals surface area (Å²) in [6.45, 7) is 0.186. The van der Waals surface area contributed by atoms with Crippen molar-refractivity contribution in [2.24, 2.45) is 0 Å². The topological polar surface area (TPSA) is 56.8 Å². The molecule has 2 aromatic carbocycles. The van der Waals surface area contributed by atoms with E-state index in [0.29, 0.717) is 27.3 Å². The van der Waals surface area contributed by atoms with E-state index in [0.717, 1.165) is 0 Å². The van der Waals surface area contributed by atoms with Crippen LogP contribution in [0.4, 0.5) is 4.39 Å². The van der Waals surface area contributed by atoms with E-state index < -0.39 is 11.7 Å². The summed E-state index contributed by atoms with van der Waals surface area (Å²) >= 11 is 3.24. The van der Waals surface area contributed by atoms with Gasteiger partial charge in [0.2, 0.25) is 0 Å². The van der Waals surface area contributed by atoms with Crippen LogP contribution in [0.15, 0.2) is 34.8 Å². The fourth-order valence-electron chi connectivity index (χ4n) is 2.17. The van der Waals surface area contributed by atoms with Gasteiger partial charge in [0, 0.05) is 22.6 Å². The molecule has 0 aromatic heterocycles. The third kappa shape index (κ3) is 3.97. The molecule has 24 heavy (non-hydrogen) atoms. The van der Waals surface area contributed by atoms with E-state index in [9.17, 15) is 9.18 Å². The minimum atomic E-state index is -0.480. The molecule has 0 bridgehead atoms. The Morgan fingerprint density at radius 1 is 1.04 bits per heavy atom. The number of amides is 1. The Morgan fingerprint density at radius 2 is 1.67 bits per heavy atom. The Bertz CT molecular complexity index is 752. The summed E-state index contributed by atoms with van der Waals surface area (Å²) in [6.07, 6.45) is 0.